The fourth-order valence-electron chi connectivity index (χ4n) is 3.15. The maximum absolute atomic E-state index is 13.2. The van der Waals surface area contributed by atoms with Crippen molar-refractivity contribution in [2.75, 3.05) is 30.3 Å². The maximum atomic E-state index is 13.2. The van der Waals surface area contributed by atoms with E-state index in [4.69, 9.17) is 0 Å². The Morgan fingerprint density at radius 1 is 0.839 bits per heavy atom. The zero-order valence-electron chi connectivity index (χ0n) is 16.5. The van der Waals surface area contributed by atoms with E-state index in [0.29, 0.717) is 31.6 Å². The van der Waals surface area contributed by atoms with E-state index in [9.17, 15) is 27.6 Å². The third-order valence-corrected chi connectivity index (χ3v) is 4.93. The summed E-state index contributed by atoms with van der Waals surface area (Å²) >= 11 is 0. The molecule has 0 aliphatic carbocycles. The lowest BCUT2D eigenvalue weighted by Crippen LogP contribution is -2.44. The fraction of sp³-hybridized carbons (Fsp3) is 0.286. The number of hydrogen-bond donors (Lipinski definition) is 3. The van der Waals surface area contributed by atoms with Crippen molar-refractivity contribution in [3.05, 3.63) is 59.9 Å². The van der Waals surface area contributed by atoms with Crippen molar-refractivity contribution >= 4 is 29.2 Å². The summed E-state index contributed by atoms with van der Waals surface area (Å²) in [5.41, 5.74) is 0.465. The second kappa shape index (κ2) is 9.96. The number of amides is 4. The van der Waals surface area contributed by atoms with Gasteiger partial charge in [0, 0.05) is 37.1 Å². The SMILES string of the molecule is O=C(NCC1CCN(C(=O)Nc2ccc(F)cc2)CC1)C(=O)Nc1ccc(F)c(F)c1. The van der Waals surface area contributed by atoms with Gasteiger partial charge in [-0.15, -0.1) is 0 Å². The number of halogens is 3. The second-order valence-corrected chi connectivity index (χ2v) is 7.16. The highest BCUT2D eigenvalue weighted by atomic mass is 19.2. The van der Waals surface area contributed by atoms with Gasteiger partial charge in [0.25, 0.3) is 0 Å². The van der Waals surface area contributed by atoms with Crippen molar-refractivity contribution in [3.63, 3.8) is 0 Å². The summed E-state index contributed by atoms with van der Waals surface area (Å²) in [6, 6.07) is 7.95. The van der Waals surface area contributed by atoms with Crippen LogP contribution in [0.15, 0.2) is 42.5 Å². The van der Waals surface area contributed by atoms with Crippen LogP contribution >= 0.6 is 0 Å². The molecule has 4 amide bonds. The van der Waals surface area contributed by atoms with Gasteiger partial charge in [0.15, 0.2) is 11.6 Å². The van der Waals surface area contributed by atoms with E-state index >= 15 is 0 Å². The molecule has 1 fully saturated rings. The van der Waals surface area contributed by atoms with Gasteiger partial charge in [0.2, 0.25) is 0 Å². The molecule has 1 aliphatic rings. The monoisotopic (exact) mass is 434 g/mol. The molecule has 0 aromatic heterocycles. The van der Waals surface area contributed by atoms with Crippen LogP contribution in [0.3, 0.4) is 0 Å². The number of rotatable bonds is 4. The van der Waals surface area contributed by atoms with Gasteiger partial charge in [0.1, 0.15) is 5.82 Å². The lowest BCUT2D eigenvalue weighted by molar-refractivity contribution is -0.136. The molecule has 0 radical (unpaired) electrons. The molecule has 0 atom stereocenters. The molecule has 1 heterocycles. The highest BCUT2D eigenvalue weighted by Gasteiger charge is 2.24. The lowest BCUT2D eigenvalue weighted by atomic mass is 9.97. The minimum atomic E-state index is -1.13. The number of nitrogens with zero attached hydrogens (tertiary/aromatic N) is 1. The Labute approximate surface area is 176 Å². The van der Waals surface area contributed by atoms with E-state index in [1.165, 1.54) is 24.3 Å². The maximum Gasteiger partial charge on any atom is 0.321 e. The van der Waals surface area contributed by atoms with E-state index in [2.05, 4.69) is 16.0 Å². The summed E-state index contributed by atoms with van der Waals surface area (Å²) in [4.78, 5) is 37.7. The van der Waals surface area contributed by atoms with Crippen LogP contribution in [0.5, 0.6) is 0 Å². The topological polar surface area (TPSA) is 90.5 Å². The van der Waals surface area contributed by atoms with Gasteiger partial charge in [-0.25, -0.2) is 18.0 Å². The van der Waals surface area contributed by atoms with Crippen LogP contribution in [0.1, 0.15) is 12.8 Å². The summed E-state index contributed by atoms with van der Waals surface area (Å²) < 4.78 is 39.0. The summed E-state index contributed by atoms with van der Waals surface area (Å²) in [5, 5.41) is 7.41. The molecule has 31 heavy (non-hydrogen) atoms. The summed E-state index contributed by atoms with van der Waals surface area (Å²) in [5.74, 6) is -4.37. The van der Waals surface area contributed by atoms with Gasteiger partial charge < -0.3 is 20.9 Å². The van der Waals surface area contributed by atoms with Gasteiger partial charge >= 0.3 is 17.8 Å². The third-order valence-electron chi connectivity index (χ3n) is 4.93. The van der Waals surface area contributed by atoms with Crippen molar-refractivity contribution in [2.45, 2.75) is 12.8 Å². The molecule has 1 saturated heterocycles. The number of piperidine rings is 1. The van der Waals surface area contributed by atoms with Gasteiger partial charge in [-0.1, -0.05) is 0 Å². The molecule has 10 heteroatoms. The predicted molar refractivity (Wildman–Crippen MR) is 108 cm³/mol. The number of carbonyl (C=O) groups excluding carboxylic acids is 3. The molecule has 7 nitrogen and oxygen atoms in total. The molecule has 164 valence electrons. The minimum Gasteiger partial charge on any atom is -0.348 e. The van der Waals surface area contributed by atoms with Crippen molar-refractivity contribution in [1.82, 2.24) is 10.2 Å². The van der Waals surface area contributed by atoms with Gasteiger partial charge in [0.05, 0.1) is 0 Å². The number of benzene rings is 2. The Bertz CT molecular complexity index is 961. The number of nitrogens with one attached hydrogen (secondary N) is 3. The van der Waals surface area contributed by atoms with E-state index in [0.717, 1.165) is 18.2 Å². The van der Waals surface area contributed by atoms with Crippen LogP contribution in [-0.2, 0) is 9.59 Å². The van der Waals surface area contributed by atoms with Crippen LogP contribution in [0.25, 0.3) is 0 Å². The zero-order chi connectivity index (χ0) is 22.4. The average molecular weight is 434 g/mol. The normalized spacial score (nSPS) is 14.1. The molecule has 0 saturated carbocycles. The quantitative estimate of drug-likeness (QED) is 0.646. The third kappa shape index (κ3) is 6.21. The molecule has 0 spiro atoms. The predicted octanol–water partition coefficient (Wildman–Crippen LogP) is 3.10. The summed E-state index contributed by atoms with van der Waals surface area (Å²) in [7, 11) is 0. The highest BCUT2D eigenvalue weighted by molar-refractivity contribution is 6.39. The van der Waals surface area contributed by atoms with E-state index < -0.39 is 23.4 Å². The number of likely N-dealkylation sites (tertiary alicyclic amines) is 1. The number of urea groups is 1. The van der Waals surface area contributed by atoms with Crippen molar-refractivity contribution < 1.29 is 27.6 Å². The van der Waals surface area contributed by atoms with Crippen molar-refractivity contribution in [2.24, 2.45) is 5.92 Å². The standard InChI is InChI=1S/C21H21F3N4O3/c22-14-1-3-15(4-2-14)27-21(31)28-9-7-13(8-10-28)12-25-19(29)20(30)26-16-5-6-17(23)18(24)11-16/h1-6,11,13H,7-10,12H2,(H,25,29)(H,26,30)(H,27,31). The molecule has 1 aliphatic heterocycles. The second-order valence-electron chi connectivity index (χ2n) is 7.16. The summed E-state index contributed by atoms with van der Waals surface area (Å²) in [6.45, 7) is 1.18. The van der Waals surface area contributed by atoms with Crippen LogP contribution in [0.2, 0.25) is 0 Å². The van der Waals surface area contributed by atoms with Gasteiger partial charge in [-0.2, -0.15) is 0 Å². The Morgan fingerprint density at radius 3 is 2.13 bits per heavy atom. The molecular formula is C21H21F3N4O3. The first-order valence-electron chi connectivity index (χ1n) is 9.67. The smallest absolute Gasteiger partial charge is 0.321 e. The first kappa shape index (κ1) is 22.1. The number of carbonyl (C=O) groups is 3. The van der Waals surface area contributed by atoms with Gasteiger partial charge in [-0.05, 0) is 55.2 Å². The largest absolute Gasteiger partial charge is 0.348 e. The fourth-order valence-corrected chi connectivity index (χ4v) is 3.15. The average Bonchev–Trinajstić information content (AvgIpc) is 2.76. The lowest BCUT2D eigenvalue weighted by Gasteiger charge is -2.32. The Balaban J connectivity index is 1.39. The van der Waals surface area contributed by atoms with Crippen LogP contribution in [0, 0.1) is 23.4 Å². The number of anilines is 2. The first-order chi connectivity index (χ1) is 14.8. The summed E-state index contributed by atoms with van der Waals surface area (Å²) in [6.07, 6.45) is 1.25. The Kier molecular flexibility index (Phi) is 7.11. The Morgan fingerprint density at radius 2 is 1.48 bits per heavy atom. The number of hydrogen-bond acceptors (Lipinski definition) is 3. The molecule has 2 aromatic rings. The Hall–Kier alpha value is -3.56. The molecule has 0 bridgehead atoms. The zero-order valence-corrected chi connectivity index (χ0v) is 16.5. The van der Waals surface area contributed by atoms with Crippen LogP contribution in [-0.4, -0.2) is 42.4 Å². The molecular weight excluding hydrogens is 413 g/mol. The van der Waals surface area contributed by atoms with Crippen LogP contribution < -0.4 is 16.0 Å². The molecule has 0 unspecified atom stereocenters. The minimum absolute atomic E-state index is 0.0282. The van der Waals surface area contributed by atoms with Gasteiger partial charge in [-0.3, -0.25) is 9.59 Å². The molecule has 2 aromatic carbocycles. The van der Waals surface area contributed by atoms with E-state index in [1.54, 1.807) is 4.90 Å². The van der Waals surface area contributed by atoms with Crippen molar-refractivity contribution in [1.29, 1.82) is 0 Å². The molecule has 3 N–H and O–H groups in total. The molecule has 3 rings (SSSR count). The van der Waals surface area contributed by atoms with E-state index in [1.807, 2.05) is 0 Å². The van der Waals surface area contributed by atoms with Crippen LogP contribution in [0.4, 0.5) is 29.3 Å². The van der Waals surface area contributed by atoms with Crippen molar-refractivity contribution in [3.8, 4) is 0 Å². The highest BCUT2D eigenvalue weighted by Crippen LogP contribution is 2.18. The first-order valence-corrected chi connectivity index (χ1v) is 9.67. The van der Waals surface area contributed by atoms with E-state index in [-0.39, 0.29) is 30.0 Å².